The Bertz CT molecular complexity index is 902. The number of hydrogen-bond donors (Lipinski definition) is 3. The number of thiocarbonyl (C=S) groups is 1. The predicted molar refractivity (Wildman–Crippen MR) is 101 cm³/mol. The Morgan fingerprint density at radius 1 is 1.46 bits per heavy atom. The zero-order chi connectivity index (χ0) is 18.1. The highest BCUT2D eigenvalue weighted by Gasteiger charge is 2.30. The topological polar surface area (TPSA) is 82.3 Å². The summed E-state index contributed by atoms with van der Waals surface area (Å²) in [5.41, 5.74) is 2.48. The number of H-pyrrole nitrogens is 1. The van der Waals surface area contributed by atoms with Gasteiger partial charge in [-0.2, -0.15) is 0 Å². The third kappa shape index (κ3) is 3.13. The molecule has 0 spiro atoms. The molecule has 0 aliphatic carbocycles. The van der Waals surface area contributed by atoms with Gasteiger partial charge in [-0.3, -0.25) is 15.0 Å². The molecule has 2 aliphatic heterocycles. The quantitative estimate of drug-likeness (QED) is 0.696. The number of imidazole rings is 1. The van der Waals surface area contributed by atoms with Crippen LogP contribution in [0.25, 0.3) is 0 Å². The summed E-state index contributed by atoms with van der Waals surface area (Å²) in [6.45, 7) is 2.51. The summed E-state index contributed by atoms with van der Waals surface area (Å²) in [4.78, 5) is 21.1. The van der Waals surface area contributed by atoms with Gasteiger partial charge in [0.1, 0.15) is 5.69 Å². The van der Waals surface area contributed by atoms with Crippen molar-refractivity contribution in [3.05, 3.63) is 52.2 Å². The molecule has 3 N–H and O–H groups in total. The molecule has 4 rings (SSSR count). The Morgan fingerprint density at radius 2 is 2.35 bits per heavy atom. The minimum Gasteiger partial charge on any atom is -0.378 e. The number of benzene rings is 1. The SMILES string of the molecule is O=C1NC(=C=S)N(Cc2ccc(Cl)cc2C2COCCN2)c2nc[nH]c21. The first-order valence-electron chi connectivity index (χ1n) is 8.14. The van der Waals surface area contributed by atoms with E-state index in [9.17, 15) is 4.79 Å². The van der Waals surface area contributed by atoms with Crippen LogP contribution in [0.2, 0.25) is 5.02 Å². The van der Waals surface area contributed by atoms with E-state index in [0.717, 1.165) is 17.7 Å². The number of nitrogens with one attached hydrogen (secondary N) is 3. The van der Waals surface area contributed by atoms with E-state index in [1.807, 2.05) is 23.1 Å². The molecule has 1 amide bonds. The van der Waals surface area contributed by atoms with Crippen molar-refractivity contribution in [3.8, 4) is 0 Å². The molecule has 3 heterocycles. The minimum absolute atomic E-state index is 0.0513. The second-order valence-corrected chi connectivity index (χ2v) is 6.66. The maximum atomic E-state index is 12.1. The van der Waals surface area contributed by atoms with E-state index in [0.29, 0.717) is 42.1 Å². The molecule has 1 unspecified atom stereocenters. The Balaban J connectivity index is 1.72. The summed E-state index contributed by atoms with van der Waals surface area (Å²) in [7, 11) is 0. The van der Waals surface area contributed by atoms with Crippen molar-refractivity contribution in [1.82, 2.24) is 20.6 Å². The molecular weight excluding hydrogens is 374 g/mol. The molecule has 2 aromatic rings. The number of halogens is 1. The van der Waals surface area contributed by atoms with Crippen molar-refractivity contribution in [2.75, 3.05) is 24.7 Å². The molecule has 1 atom stereocenters. The number of amides is 1. The maximum Gasteiger partial charge on any atom is 0.277 e. The van der Waals surface area contributed by atoms with E-state index in [-0.39, 0.29) is 11.9 Å². The summed E-state index contributed by atoms with van der Waals surface area (Å²) < 4.78 is 5.59. The van der Waals surface area contributed by atoms with Crippen molar-refractivity contribution in [2.45, 2.75) is 12.6 Å². The zero-order valence-electron chi connectivity index (χ0n) is 13.7. The molecule has 0 saturated carbocycles. The second kappa shape index (κ2) is 7.19. The predicted octanol–water partition coefficient (Wildman–Crippen LogP) is 1.91. The smallest absolute Gasteiger partial charge is 0.277 e. The van der Waals surface area contributed by atoms with Crippen molar-refractivity contribution in [1.29, 1.82) is 0 Å². The van der Waals surface area contributed by atoms with Crippen LogP contribution in [0.15, 0.2) is 30.3 Å². The fourth-order valence-corrected chi connectivity index (χ4v) is 3.55. The van der Waals surface area contributed by atoms with E-state index in [4.69, 9.17) is 28.6 Å². The lowest BCUT2D eigenvalue weighted by atomic mass is 9.99. The molecule has 2 aliphatic rings. The normalized spacial score (nSPS) is 19.7. The van der Waals surface area contributed by atoms with Crippen LogP contribution in [0.3, 0.4) is 0 Å². The molecule has 26 heavy (non-hydrogen) atoms. The van der Waals surface area contributed by atoms with Gasteiger partial charge >= 0.3 is 0 Å². The van der Waals surface area contributed by atoms with Gasteiger partial charge in [0.25, 0.3) is 5.91 Å². The molecular formula is C17H16ClN5O2S. The van der Waals surface area contributed by atoms with Gasteiger partial charge in [0.15, 0.2) is 11.6 Å². The molecule has 0 radical (unpaired) electrons. The largest absolute Gasteiger partial charge is 0.378 e. The standard InChI is InChI=1S/C17H16ClN5O2S/c18-11-2-1-10(12(5-11)13-7-25-4-3-19-13)6-23-14(8-26)22-17(24)15-16(23)21-9-20-15/h1-2,5,9,13,19H,3-4,6-7H2,(H,20,21)(H,22,24). The second-order valence-electron chi connectivity index (χ2n) is 6.02. The highest BCUT2D eigenvalue weighted by atomic mass is 35.5. The average molecular weight is 390 g/mol. The van der Waals surface area contributed by atoms with Crippen molar-refractivity contribution < 1.29 is 9.53 Å². The minimum atomic E-state index is -0.278. The van der Waals surface area contributed by atoms with Crippen molar-refractivity contribution >= 4 is 40.6 Å². The van der Waals surface area contributed by atoms with Crippen molar-refractivity contribution in [2.24, 2.45) is 0 Å². The highest BCUT2D eigenvalue weighted by molar-refractivity contribution is 7.78. The van der Waals surface area contributed by atoms with Gasteiger partial charge in [0, 0.05) is 11.6 Å². The maximum absolute atomic E-state index is 12.1. The Labute approximate surface area is 160 Å². The van der Waals surface area contributed by atoms with Crippen LogP contribution in [-0.4, -0.2) is 40.7 Å². The van der Waals surface area contributed by atoms with Crippen LogP contribution < -0.4 is 15.5 Å². The summed E-state index contributed by atoms with van der Waals surface area (Å²) in [5, 5.41) is 9.47. The Kier molecular flexibility index (Phi) is 4.76. The molecule has 1 fully saturated rings. The van der Waals surface area contributed by atoms with E-state index in [1.165, 1.54) is 6.33 Å². The number of fused-ring (bicyclic) bond motifs is 1. The van der Waals surface area contributed by atoms with Gasteiger partial charge < -0.3 is 15.0 Å². The fraction of sp³-hybridized carbons (Fsp3) is 0.294. The van der Waals surface area contributed by atoms with E-state index in [2.05, 4.69) is 25.6 Å². The summed E-state index contributed by atoms with van der Waals surface area (Å²) >= 11 is 11.2. The van der Waals surface area contributed by atoms with Gasteiger partial charge in [-0.1, -0.05) is 17.7 Å². The Hall–Kier alpha value is -2.22. The average Bonchev–Trinajstić information content (AvgIpc) is 3.16. The lowest BCUT2D eigenvalue weighted by Crippen LogP contribution is -2.42. The first-order chi connectivity index (χ1) is 12.7. The number of carbonyl (C=O) groups is 1. The first-order valence-corrected chi connectivity index (χ1v) is 8.93. The van der Waals surface area contributed by atoms with Crippen molar-refractivity contribution in [3.63, 3.8) is 0 Å². The number of rotatable bonds is 3. The molecule has 1 aromatic carbocycles. The molecule has 7 nitrogen and oxygen atoms in total. The van der Waals surface area contributed by atoms with E-state index < -0.39 is 0 Å². The Morgan fingerprint density at radius 3 is 3.12 bits per heavy atom. The number of carbonyl (C=O) groups excluding carboxylic acids is 1. The van der Waals surface area contributed by atoms with Gasteiger partial charge in [-0.15, -0.1) is 0 Å². The number of nitrogens with zero attached hydrogens (tertiary/aromatic N) is 2. The molecule has 1 saturated heterocycles. The third-order valence-electron chi connectivity index (χ3n) is 4.43. The zero-order valence-corrected chi connectivity index (χ0v) is 15.3. The monoisotopic (exact) mass is 389 g/mol. The van der Waals surface area contributed by atoms with Crippen LogP contribution in [0.5, 0.6) is 0 Å². The van der Waals surface area contributed by atoms with Gasteiger partial charge in [0.05, 0.1) is 32.1 Å². The number of hydrogen-bond acceptors (Lipinski definition) is 6. The molecule has 134 valence electrons. The van der Waals surface area contributed by atoms with Gasteiger partial charge in [-0.05, 0) is 40.5 Å². The van der Waals surface area contributed by atoms with E-state index >= 15 is 0 Å². The fourth-order valence-electron chi connectivity index (χ4n) is 3.21. The first kappa shape index (κ1) is 17.2. The number of anilines is 1. The number of aromatic amines is 1. The lowest BCUT2D eigenvalue weighted by Gasteiger charge is -2.31. The molecule has 1 aromatic heterocycles. The number of ether oxygens (including phenoxy) is 1. The number of morpholine rings is 1. The van der Waals surface area contributed by atoms with Crippen LogP contribution >= 0.6 is 23.8 Å². The van der Waals surface area contributed by atoms with Crippen LogP contribution in [0.1, 0.15) is 27.7 Å². The highest BCUT2D eigenvalue weighted by Crippen LogP contribution is 2.30. The van der Waals surface area contributed by atoms with Crippen LogP contribution in [0.4, 0.5) is 5.82 Å². The number of aromatic nitrogens is 2. The van der Waals surface area contributed by atoms with Gasteiger partial charge in [-0.25, -0.2) is 4.98 Å². The molecule has 9 heteroatoms. The summed E-state index contributed by atoms with van der Waals surface area (Å²) in [5.74, 6) is 0.646. The van der Waals surface area contributed by atoms with Crippen LogP contribution in [0, 0.1) is 0 Å². The lowest BCUT2D eigenvalue weighted by molar-refractivity contribution is 0.0766. The summed E-state index contributed by atoms with van der Waals surface area (Å²) in [6.07, 6.45) is 1.49. The van der Waals surface area contributed by atoms with Gasteiger partial charge in [0.2, 0.25) is 0 Å². The van der Waals surface area contributed by atoms with E-state index in [1.54, 1.807) is 0 Å². The third-order valence-corrected chi connectivity index (χ3v) is 4.86. The molecule has 0 bridgehead atoms. The summed E-state index contributed by atoms with van der Waals surface area (Å²) in [6, 6.07) is 5.81. The van der Waals surface area contributed by atoms with Crippen LogP contribution in [-0.2, 0) is 11.3 Å².